The minimum absolute atomic E-state index is 0.0767. The number of rotatable bonds is 61. The highest BCUT2D eigenvalue weighted by Gasteiger charge is 2.19. The molecular weight excluding hydrogens is 961 g/mol. The van der Waals surface area contributed by atoms with Gasteiger partial charge in [0.1, 0.15) is 13.2 Å². The lowest BCUT2D eigenvalue weighted by atomic mass is 10.0. The fourth-order valence-electron chi connectivity index (χ4n) is 9.63. The summed E-state index contributed by atoms with van der Waals surface area (Å²) in [6.45, 7) is 6.49. The summed E-state index contributed by atoms with van der Waals surface area (Å²) in [4.78, 5) is 38.3. The second-order valence-corrected chi connectivity index (χ2v) is 22.4. The number of carbonyl (C=O) groups excluding carboxylic acids is 3. The molecule has 0 amide bonds. The maximum Gasteiger partial charge on any atom is 0.306 e. The van der Waals surface area contributed by atoms with Gasteiger partial charge in [0.2, 0.25) is 0 Å². The molecule has 0 saturated carbocycles. The predicted octanol–water partition coefficient (Wildman–Crippen LogP) is 23.1. The van der Waals surface area contributed by atoms with Crippen molar-refractivity contribution in [2.75, 3.05) is 13.2 Å². The quantitative estimate of drug-likeness (QED) is 0.0261. The molecule has 0 spiro atoms. The van der Waals surface area contributed by atoms with Gasteiger partial charge in [-0.2, -0.15) is 0 Å². The molecule has 0 aromatic heterocycles. The van der Waals surface area contributed by atoms with E-state index in [-0.39, 0.29) is 31.1 Å². The van der Waals surface area contributed by atoms with Gasteiger partial charge in [-0.1, -0.05) is 311 Å². The van der Waals surface area contributed by atoms with E-state index in [0.29, 0.717) is 19.3 Å². The van der Waals surface area contributed by atoms with Crippen molar-refractivity contribution in [3.63, 3.8) is 0 Å². The zero-order valence-electron chi connectivity index (χ0n) is 51.7. The Balaban J connectivity index is 4.19. The van der Waals surface area contributed by atoms with Crippen LogP contribution in [0.5, 0.6) is 0 Å². The van der Waals surface area contributed by atoms with E-state index in [1.165, 1.54) is 180 Å². The summed E-state index contributed by atoms with van der Waals surface area (Å²) >= 11 is 0. The molecule has 0 aliphatic carbocycles. The van der Waals surface area contributed by atoms with E-state index in [0.717, 1.165) is 116 Å². The van der Waals surface area contributed by atoms with Gasteiger partial charge in [0, 0.05) is 19.3 Å². The van der Waals surface area contributed by atoms with Crippen molar-refractivity contribution >= 4 is 17.9 Å². The summed E-state index contributed by atoms with van der Waals surface area (Å²) in [7, 11) is 0. The van der Waals surface area contributed by atoms with Crippen molar-refractivity contribution in [2.45, 2.75) is 341 Å². The predicted molar refractivity (Wildman–Crippen MR) is 339 cm³/mol. The summed E-state index contributed by atoms with van der Waals surface area (Å²) < 4.78 is 16.9. The number of hydrogen-bond donors (Lipinski definition) is 0. The summed E-state index contributed by atoms with van der Waals surface area (Å²) in [6.07, 6.45) is 87.5. The fraction of sp³-hybridized carbons (Fsp3) is 0.764. The highest BCUT2D eigenvalue weighted by atomic mass is 16.6. The van der Waals surface area contributed by atoms with Crippen LogP contribution in [0.25, 0.3) is 0 Å². The van der Waals surface area contributed by atoms with Crippen LogP contribution in [0, 0.1) is 0 Å². The lowest BCUT2D eigenvalue weighted by Gasteiger charge is -2.18. The first-order chi connectivity index (χ1) is 38.5. The van der Waals surface area contributed by atoms with Crippen LogP contribution in [0.1, 0.15) is 335 Å². The normalized spacial score (nSPS) is 12.6. The van der Waals surface area contributed by atoms with Gasteiger partial charge in [-0.05, 0) is 89.9 Å². The number of allylic oxidation sites excluding steroid dienone is 14. The molecule has 0 fully saturated rings. The summed E-state index contributed by atoms with van der Waals surface area (Å²) in [6, 6.07) is 0. The summed E-state index contributed by atoms with van der Waals surface area (Å²) in [5.74, 6) is -0.874. The molecule has 6 nitrogen and oxygen atoms in total. The van der Waals surface area contributed by atoms with Crippen molar-refractivity contribution in [2.24, 2.45) is 0 Å². The van der Waals surface area contributed by atoms with Crippen LogP contribution < -0.4 is 0 Å². The first-order valence-corrected chi connectivity index (χ1v) is 33.6. The molecule has 0 aliphatic rings. The van der Waals surface area contributed by atoms with Crippen molar-refractivity contribution in [3.05, 3.63) is 85.1 Å². The molecule has 1 atom stereocenters. The molecular formula is C72H126O6. The Labute approximate surface area is 484 Å². The average Bonchev–Trinajstić information content (AvgIpc) is 3.44. The smallest absolute Gasteiger partial charge is 0.306 e. The Morgan fingerprint density at radius 2 is 0.526 bits per heavy atom. The zero-order valence-corrected chi connectivity index (χ0v) is 51.7. The van der Waals surface area contributed by atoms with E-state index >= 15 is 0 Å². The summed E-state index contributed by atoms with van der Waals surface area (Å²) in [5, 5.41) is 0. The minimum atomic E-state index is -0.780. The first kappa shape index (κ1) is 74.6. The maximum atomic E-state index is 12.9. The van der Waals surface area contributed by atoms with Crippen LogP contribution in [0.4, 0.5) is 0 Å². The number of hydrogen-bond acceptors (Lipinski definition) is 6. The minimum Gasteiger partial charge on any atom is -0.462 e. The van der Waals surface area contributed by atoms with Gasteiger partial charge in [0.15, 0.2) is 6.10 Å². The maximum absolute atomic E-state index is 12.9. The third-order valence-corrected chi connectivity index (χ3v) is 14.6. The number of ether oxygens (including phenoxy) is 3. The molecule has 450 valence electrons. The van der Waals surface area contributed by atoms with Gasteiger partial charge in [0.05, 0.1) is 0 Å². The van der Waals surface area contributed by atoms with E-state index in [4.69, 9.17) is 14.2 Å². The first-order valence-electron chi connectivity index (χ1n) is 33.6. The largest absolute Gasteiger partial charge is 0.462 e. The van der Waals surface area contributed by atoms with Crippen molar-refractivity contribution in [1.82, 2.24) is 0 Å². The second-order valence-electron chi connectivity index (χ2n) is 22.4. The van der Waals surface area contributed by atoms with E-state index in [1.54, 1.807) is 0 Å². The van der Waals surface area contributed by atoms with Gasteiger partial charge >= 0.3 is 17.9 Å². The lowest BCUT2D eigenvalue weighted by molar-refractivity contribution is -0.167. The second kappa shape index (κ2) is 66.1. The van der Waals surface area contributed by atoms with Crippen LogP contribution in [0.15, 0.2) is 85.1 Å². The van der Waals surface area contributed by atoms with Crippen molar-refractivity contribution in [3.8, 4) is 0 Å². The Morgan fingerprint density at radius 1 is 0.269 bits per heavy atom. The highest BCUT2D eigenvalue weighted by Crippen LogP contribution is 2.17. The number of esters is 3. The van der Waals surface area contributed by atoms with Gasteiger partial charge in [0.25, 0.3) is 0 Å². The van der Waals surface area contributed by atoms with Gasteiger partial charge in [-0.25, -0.2) is 0 Å². The molecule has 0 rings (SSSR count). The van der Waals surface area contributed by atoms with Gasteiger partial charge in [-0.15, -0.1) is 0 Å². The van der Waals surface area contributed by atoms with Crippen molar-refractivity contribution < 1.29 is 28.6 Å². The molecule has 0 radical (unpaired) electrons. The Kier molecular flexibility index (Phi) is 63.2. The highest BCUT2D eigenvalue weighted by molar-refractivity contribution is 5.71. The Hall–Kier alpha value is -3.41. The molecule has 0 heterocycles. The zero-order chi connectivity index (χ0) is 56.4. The van der Waals surface area contributed by atoms with Gasteiger partial charge in [-0.3, -0.25) is 14.4 Å². The molecule has 78 heavy (non-hydrogen) atoms. The monoisotopic (exact) mass is 1090 g/mol. The van der Waals surface area contributed by atoms with Crippen LogP contribution in [0.3, 0.4) is 0 Å². The van der Waals surface area contributed by atoms with Crippen LogP contribution >= 0.6 is 0 Å². The standard InChI is InChI=1S/C72H126O6/c1-4-7-10-13-16-19-22-25-27-29-30-31-32-33-34-35-36-37-38-39-40-41-42-43-45-47-50-53-56-59-62-65-71(74)77-68-69(67-76-70(73)64-61-58-55-52-49-46-24-21-18-15-12-9-6-3)78-72(75)66-63-60-57-54-51-48-44-28-26-23-20-17-14-11-8-5-2/h7,10,12,15-16,19,21,24-25,27,30-31,33-34,69H,4-6,8-9,11,13-14,17-18,20,22-23,26,28-29,32,35-68H2,1-3H3/b10-7-,15-12-,19-16-,24-21-,27-25-,31-30-,34-33-. The Bertz CT molecular complexity index is 1480. The molecule has 6 heteroatoms. The molecule has 0 aliphatic heterocycles. The average molecular weight is 1090 g/mol. The third kappa shape index (κ3) is 63.4. The fourth-order valence-corrected chi connectivity index (χ4v) is 9.63. The molecule has 1 unspecified atom stereocenters. The van der Waals surface area contributed by atoms with E-state index in [1.807, 2.05) is 0 Å². The van der Waals surface area contributed by atoms with Crippen LogP contribution in [-0.4, -0.2) is 37.2 Å². The molecule has 0 bridgehead atoms. The Morgan fingerprint density at radius 3 is 0.833 bits per heavy atom. The van der Waals surface area contributed by atoms with Crippen LogP contribution in [-0.2, 0) is 28.6 Å². The van der Waals surface area contributed by atoms with Gasteiger partial charge < -0.3 is 14.2 Å². The summed E-state index contributed by atoms with van der Waals surface area (Å²) in [5.41, 5.74) is 0. The SMILES string of the molecule is CC/C=C\C/C=C\C/C=C\C/C=C\C/C=C\CCCCCCCCCCCCCCCCCC(=O)OCC(COC(=O)CCCCCCC/C=C\C/C=C\CCC)OC(=O)CCCCCCCCCCCCCCCCCC. The van der Waals surface area contributed by atoms with Crippen LogP contribution in [0.2, 0.25) is 0 Å². The molecule has 0 aromatic carbocycles. The van der Waals surface area contributed by atoms with E-state index in [2.05, 4.69) is 106 Å². The number of unbranched alkanes of at least 4 members (excludes halogenated alkanes) is 36. The topological polar surface area (TPSA) is 78.9 Å². The van der Waals surface area contributed by atoms with E-state index < -0.39 is 6.10 Å². The molecule has 0 N–H and O–H groups in total. The molecule has 0 saturated heterocycles. The third-order valence-electron chi connectivity index (χ3n) is 14.6. The lowest BCUT2D eigenvalue weighted by Crippen LogP contribution is -2.30. The number of carbonyl (C=O) groups is 3. The van der Waals surface area contributed by atoms with E-state index in [9.17, 15) is 14.4 Å². The van der Waals surface area contributed by atoms with Crippen molar-refractivity contribution in [1.29, 1.82) is 0 Å². The molecule has 0 aromatic rings.